The first kappa shape index (κ1) is 9.60. The Morgan fingerprint density at radius 1 is 1.78 bits per heavy atom. The number of aromatic nitrogens is 1. The van der Waals surface area contributed by atoms with Crippen molar-refractivity contribution in [1.29, 1.82) is 0 Å². The molecular weight excluding hydrogens is 207 g/mol. The topological polar surface area (TPSA) is 12.9 Å². The number of rotatable bonds is 1. The van der Waals surface area contributed by atoms with Crippen molar-refractivity contribution in [3.05, 3.63) is 23.0 Å². The second kappa shape index (κ2) is 4.42. The summed E-state index contributed by atoms with van der Waals surface area (Å²) in [7, 11) is 0. The predicted octanol–water partition coefficient (Wildman–Crippen LogP) is 1.89. The normalized spacial score (nSPS) is 8.56. The Hall–Kier alpha value is 0.604. The van der Waals surface area contributed by atoms with E-state index in [-0.39, 0.29) is 32.7 Å². The zero-order valence-corrected chi connectivity index (χ0v) is 9.08. The van der Waals surface area contributed by atoms with Gasteiger partial charge in [-0.25, -0.2) is 6.92 Å². The van der Waals surface area contributed by atoms with Gasteiger partial charge in [0.15, 0.2) is 0 Å². The van der Waals surface area contributed by atoms with Gasteiger partial charge in [-0.3, -0.25) is 0 Å². The molecule has 0 amide bonds. The number of hydrogen-bond donors (Lipinski definition) is 0. The molecule has 0 N–H and O–H groups in total. The smallest absolute Gasteiger partial charge is 0.0698 e. The van der Waals surface area contributed by atoms with Gasteiger partial charge in [-0.05, 0) is 6.42 Å². The summed E-state index contributed by atoms with van der Waals surface area (Å²) in [5.74, 6) is 0. The number of hydrogen-bond acceptors (Lipinski definition) is 2. The van der Waals surface area contributed by atoms with E-state index in [1.807, 2.05) is 6.20 Å². The van der Waals surface area contributed by atoms with Gasteiger partial charge in [0.05, 0.1) is 5.01 Å². The number of thiazole rings is 1. The van der Waals surface area contributed by atoms with Crippen LogP contribution in [-0.2, 0) is 39.1 Å². The first-order valence-electron chi connectivity index (χ1n) is 2.59. The monoisotopic (exact) mass is 215 g/mol. The summed E-state index contributed by atoms with van der Waals surface area (Å²) in [4.78, 5) is 5.15. The fourth-order valence-electron chi connectivity index (χ4n) is 0.511. The Morgan fingerprint density at radius 2 is 2.44 bits per heavy atom. The molecule has 0 atom stereocenters. The summed E-state index contributed by atoms with van der Waals surface area (Å²) in [6, 6.07) is 0. The molecule has 0 aliphatic heterocycles. The minimum Gasteiger partial charge on any atom is -0.345 e. The van der Waals surface area contributed by atoms with E-state index in [1.54, 1.807) is 11.3 Å². The van der Waals surface area contributed by atoms with E-state index in [0.717, 1.165) is 11.3 Å². The van der Waals surface area contributed by atoms with E-state index >= 15 is 0 Å². The summed E-state index contributed by atoms with van der Waals surface area (Å²) in [6.07, 6.45) is 2.84. The summed E-state index contributed by atoms with van der Waals surface area (Å²) >= 11 is 1.67. The number of nitrogens with zero attached hydrogens (tertiary/aromatic N) is 1. The molecule has 1 rings (SSSR count). The molecule has 0 saturated carbocycles. The first-order chi connectivity index (χ1) is 3.83. The molecule has 9 heavy (non-hydrogen) atoms. The molecule has 1 radical (unpaired) electrons. The van der Waals surface area contributed by atoms with Crippen LogP contribution in [0.1, 0.15) is 16.8 Å². The van der Waals surface area contributed by atoms with Gasteiger partial charge in [-0.15, -0.1) is 11.1 Å². The first-order valence-corrected chi connectivity index (χ1v) is 3.41. The third kappa shape index (κ3) is 2.79. The SMILES string of the molecule is [CH2-]c1cnc(CC)s1.[Y]. The van der Waals surface area contributed by atoms with Crippen molar-refractivity contribution >= 4 is 11.3 Å². The van der Waals surface area contributed by atoms with Crippen LogP contribution in [0.4, 0.5) is 0 Å². The maximum atomic E-state index is 4.09. The van der Waals surface area contributed by atoms with E-state index in [0.29, 0.717) is 0 Å². The standard InChI is InChI=1S/C6H8NS.Y/c1-3-6-7-4-5(2)8-6;/h4H,2-3H2,1H3;/q-1;. The van der Waals surface area contributed by atoms with Crippen LogP contribution in [0.15, 0.2) is 6.20 Å². The van der Waals surface area contributed by atoms with Gasteiger partial charge in [0.1, 0.15) is 0 Å². The van der Waals surface area contributed by atoms with Crippen LogP contribution < -0.4 is 0 Å². The summed E-state index contributed by atoms with van der Waals surface area (Å²) < 4.78 is 0. The molecule has 3 heteroatoms. The second-order valence-electron chi connectivity index (χ2n) is 1.57. The molecule has 47 valence electrons. The molecule has 0 fully saturated rings. The zero-order valence-electron chi connectivity index (χ0n) is 5.42. The summed E-state index contributed by atoms with van der Waals surface area (Å²) in [5.41, 5.74) is 0. The minimum atomic E-state index is 0. The van der Waals surface area contributed by atoms with E-state index in [4.69, 9.17) is 0 Å². The van der Waals surface area contributed by atoms with Gasteiger partial charge in [-0.2, -0.15) is 11.3 Å². The van der Waals surface area contributed by atoms with Crippen LogP contribution in [0.2, 0.25) is 0 Å². The van der Waals surface area contributed by atoms with E-state index < -0.39 is 0 Å². The van der Waals surface area contributed by atoms with Crippen molar-refractivity contribution in [1.82, 2.24) is 4.98 Å². The zero-order chi connectivity index (χ0) is 5.98. The molecule has 1 aromatic heterocycles. The molecule has 1 aromatic rings. The van der Waals surface area contributed by atoms with Crippen LogP contribution in [0.5, 0.6) is 0 Å². The fourth-order valence-corrected chi connectivity index (χ4v) is 1.17. The quantitative estimate of drug-likeness (QED) is 0.652. The van der Waals surface area contributed by atoms with Crippen LogP contribution in [0.3, 0.4) is 0 Å². The van der Waals surface area contributed by atoms with E-state index in [9.17, 15) is 0 Å². The van der Waals surface area contributed by atoms with E-state index in [2.05, 4.69) is 18.8 Å². The van der Waals surface area contributed by atoms with Crippen LogP contribution >= 0.6 is 11.3 Å². The minimum absolute atomic E-state index is 0. The summed E-state index contributed by atoms with van der Waals surface area (Å²) in [6.45, 7) is 5.84. The Bertz CT molecular complexity index is 173. The van der Waals surface area contributed by atoms with Crippen molar-refractivity contribution < 1.29 is 32.7 Å². The predicted molar refractivity (Wildman–Crippen MR) is 36.0 cm³/mol. The molecule has 0 spiro atoms. The van der Waals surface area contributed by atoms with Gasteiger partial charge in [0, 0.05) is 32.7 Å². The summed E-state index contributed by atoms with van der Waals surface area (Å²) in [5, 5.41) is 1.18. The van der Waals surface area contributed by atoms with Gasteiger partial charge >= 0.3 is 0 Å². The fraction of sp³-hybridized carbons (Fsp3) is 0.333. The van der Waals surface area contributed by atoms with Crippen molar-refractivity contribution in [2.45, 2.75) is 13.3 Å². The van der Waals surface area contributed by atoms with Crippen LogP contribution in [0, 0.1) is 6.92 Å². The van der Waals surface area contributed by atoms with Crippen molar-refractivity contribution in [2.24, 2.45) is 0 Å². The Kier molecular flexibility index (Phi) is 4.72. The molecule has 0 saturated heterocycles. The largest absolute Gasteiger partial charge is 0.345 e. The maximum Gasteiger partial charge on any atom is 0.0698 e. The third-order valence-corrected chi connectivity index (χ3v) is 1.90. The van der Waals surface area contributed by atoms with Crippen molar-refractivity contribution in [2.75, 3.05) is 0 Å². The molecule has 0 aromatic carbocycles. The van der Waals surface area contributed by atoms with Gasteiger partial charge in [0.25, 0.3) is 0 Å². The molecule has 0 unspecified atom stereocenters. The Morgan fingerprint density at radius 3 is 2.67 bits per heavy atom. The third-order valence-electron chi connectivity index (χ3n) is 0.904. The molecule has 1 heterocycles. The Balaban J connectivity index is 0.000000640. The Labute approximate surface area is 84.8 Å². The van der Waals surface area contributed by atoms with Crippen molar-refractivity contribution in [3.8, 4) is 0 Å². The van der Waals surface area contributed by atoms with Gasteiger partial charge in [0.2, 0.25) is 0 Å². The molecule has 1 nitrogen and oxygen atoms in total. The second-order valence-corrected chi connectivity index (χ2v) is 2.77. The van der Waals surface area contributed by atoms with Gasteiger partial charge < -0.3 is 4.98 Å². The van der Waals surface area contributed by atoms with Gasteiger partial charge in [-0.1, -0.05) is 6.92 Å². The van der Waals surface area contributed by atoms with Crippen LogP contribution in [-0.4, -0.2) is 4.98 Å². The molecular formula is C6H8NSY-. The van der Waals surface area contributed by atoms with Crippen molar-refractivity contribution in [3.63, 3.8) is 0 Å². The average Bonchev–Trinajstić information content (AvgIpc) is 2.14. The average molecular weight is 215 g/mol. The van der Waals surface area contributed by atoms with Crippen LogP contribution in [0.25, 0.3) is 0 Å². The maximum absolute atomic E-state index is 4.09. The molecule has 0 aliphatic rings. The number of aryl methyl sites for hydroxylation is 1. The van der Waals surface area contributed by atoms with E-state index in [1.165, 1.54) is 5.01 Å². The molecule has 0 aliphatic carbocycles. The molecule has 0 bridgehead atoms.